The third-order valence-electron chi connectivity index (χ3n) is 9.59. The average Bonchev–Trinajstić information content (AvgIpc) is 3.26. The summed E-state index contributed by atoms with van der Waals surface area (Å²) in [6.07, 6.45) is 0. The number of benzene rings is 7. The SMILES string of the molecule is N#Cc1ccc(-c2ccc(-c3nc4ccccc4nc3-c3nc(-c4ccc(-c5ccccc5)cc4)cc(-c4ccc(-c5ccccc5)cc4)n3)cc2)cc1. The molecule has 0 aliphatic rings. The van der Waals surface area contributed by atoms with Gasteiger partial charge in [0.25, 0.3) is 0 Å². The van der Waals surface area contributed by atoms with Crippen molar-refractivity contribution < 1.29 is 0 Å². The zero-order valence-corrected chi connectivity index (χ0v) is 29.1. The molecule has 7 aromatic carbocycles. The van der Waals surface area contributed by atoms with E-state index in [-0.39, 0.29) is 0 Å². The smallest absolute Gasteiger partial charge is 0.181 e. The summed E-state index contributed by atoms with van der Waals surface area (Å²) in [6, 6.07) is 65.8. The van der Waals surface area contributed by atoms with Gasteiger partial charge < -0.3 is 0 Å². The molecule has 5 nitrogen and oxygen atoms in total. The summed E-state index contributed by atoms with van der Waals surface area (Å²) < 4.78 is 0. The van der Waals surface area contributed by atoms with E-state index in [0.717, 1.165) is 72.5 Å². The third kappa shape index (κ3) is 6.52. The molecule has 0 unspecified atom stereocenters. The normalized spacial score (nSPS) is 10.9. The van der Waals surface area contributed by atoms with Crippen LogP contribution in [0.2, 0.25) is 0 Å². The van der Waals surface area contributed by atoms with Gasteiger partial charge in [-0.15, -0.1) is 0 Å². The Bertz CT molecular complexity index is 2670. The minimum absolute atomic E-state index is 0.492. The molecule has 2 aromatic heterocycles. The average molecular weight is 690 g/mol. The molecular weight excluding hydrogens is 659 g/mol. The highest BCUT2D eigenvalue weighted by molar-refractivity contribution is 5.86. The third-order valence-corrected chi connectivity index (χ3v) is 9.59. The Kier molecular flexibility index (Phi) is 8.53. The number of aromatic nitrogens is 4. The van der Waals surface area contributed by atoms with E-state index in [1.807, 2.05) is 60.7 Å². The molecule has 0 atom stereocenters. The van der Waals surface area contributed by atoms with Gasteiger partial charge in [-0.1, -0.05) is 158 Å². The Balaban J connectivity index is 1.19. The lowest BCUT2D eigenvalue weighted by Crippen LogP contribution is -2.01. The van der Waals surface area contributed by atoms with Crippen molar-refractivity contribution in [2.24, 2.45) is 0 Å². The van der Waals surface area contributed by atoms with E-state index in [1.54, 1.807) is 0 Å². The quantitative estimate of drug-likeness (QED) is 0.166. The highest BCUT2D eigenvalue weighted by atomic mass is 15.0. The zero-order chi connectivity index (χ0) is 36.3. The molecule has 0 saturated heterocycles. The number of hydrogen-bond acceptors (Lipinski definition) is 5. The molecule has 2 heterocycles. The second-order valence-corrected chi connectivity index (χ2v) is 13.0. The first-order valence-electron chi connectivity index (χ1n) is 17.8. The van der Waals surface area contributed by atoms with E-state index in [2.05, 4.69) is 133 Å². The molecule has 0 saturated carbocycles. The molecule has 252 valence electrons. The van der Waals surface area contributed by atoms with E-state index in [9.17, 15) is 5.26 Å². The molecule has 0 radical (unpaired) electrons. The number of rotatable bonds is 7. The number of fused-ring (bicyclic) bond motifs is 1. The second kappa shape index (κ2) is 14.2. The second-order valence-electron chi connectivity index (χ2n) is 13.0. The summed E-state index contributed by atoms with van der Waals surface area (Å²) >= 11 is 0. The first-order valence-corrected chi connectivity index (χ1v) is 17.8. The van der Waals surface area contributed by atoms with Crippen LogP contribution in [0.25, 0.3) is 89.7 Å². The van der Waals surface area contributed by atoms with Crippen LogP contribution in [-0.2, 0) is 0 Å². The lowest BCUT2D eigenvalue weighted by Gasteiger charge is -2.13. The van der Waals surface area contributed by atoms with E-state index < -0.39 is 0 Å². The van der Waals surface area contributed by atoms with E-state index in [0.29, 0.717) is 22.8 Å². The monoisotopic (exact) mass is 689 g/mol. The standard InChI is InChI=1S/C49H31N5/c50-32-33-15-17-36(18-16-33)39-23-29-42(30-24-39)47-48(52-44-14-8-7-13-43(44)51-47)49-53-45(40-25-19-37(20-26-40)34-9-3-1-4-10-34)31-46(54-49)41-27-21-38(22-28-41)35-11-5-2-6-12-35/h1-31H. The van der Waals surface area contributed by atoms with Crippen molar-refractivity contribution in [3.63, 3.8) is 0 Å². The molecule has 0 bridgehead atoms. The summed E-state index contributed by atoms with van der Waals surface area (Å²) in [5.41, 5.74) is 14.6. The molecule has 0 aliphatic carbocycles. The summed E-state index contributed by atoms with van der Waals surface area (Å²) in [6.45, 7) is 0. The van der Waals surface area contributed by atoms with Crippen LogP contribution in [0.1, 0.15) is 5.56 Å². The van der Waals surface area contributed by atoms with Gasteiger partial charge in [0.05, 0.1) is 34.1 Å². The number of para-hydroxylation sites is 2. The van der Waals surface area contributed by atoms with E-state index in [1.165, 1.54) is 0 Å². The number of hydrogen-bond donors (Lipinski definition) is 0. The van der Waals surface area contributed by atoms with Gasteiger partial charge in [-0.3, -0.25) is 0 Å². The molecule has 0 N–H and O–H groups in total. The first kappa shape index (κ1) is 32.4. The van der Waals surface area contributed by atoms with Crippen LogP contribution in [-0.4, -0.2) is 19.9 Å². The first-order chi connectivity index (χ1) is 26.7. The molecule has 0 aliphatic heterocycles. The molecule has 0 spiro atoms. The van der Waals surface area contributed by atoms with Gasteiger partial charge in [0.2, 0.25) is 0 Å². The Hall–Kier alpha value is -7.55. The van der Waals surface area contributed by atoms with Crippen molar-refractivity contribution in [2.45, 2.75) is 0 Å². The van der Waals surface area contributed by atoms with Gasteiger partial charge in [0.1, 0.15) is 11.4 Å². The van der Waals surface area contributed by atoms with Gasteiger partial charge in [-0.25, -0.2) is 19.9 Å². The molecular formula is C49H31N5. The minimum Gasteiger partial charge on any atom is -0.244 e. The number of nitrogens with zero attached hydrogens (tertiary/aromatic N) is 5. The molecule has 9 aromatic rings. The van der Waals surface area contributed by atoms with Crippen molar-refractivity contribution in [2.75, 3.05) is 0 Å². The highest BCUT2D eigenvalue weighted by Gasteiger charge is 2.19. The number of nitriles is 1. The van der Waals surface area contributed by atoms with Crippen molar-refractivity contribution in [1.82, 2.24) is 19.9 Å². The highest BCUT2D eigenvalue weighted by Crippen LogP contribution is 2.35. The van der Waals surface area contributed by atoms with Crippen LogP contribution in [0.5, 0.6) is 0 Å². The minimum atomic E-state index is 0.492. The van der Waals surface area contributed by atoms with E-state index in [4.69, 9.17) is 19.9 Å². The summed E-state index contributed by atoms with van der Waals surface area (Å²) in [7, 11) is 0. The maximum Gasteiger partial charge on any atom is 0.181 e. The summed E-state index contributed by atoms with van der Waals surface area (Å²) in [5, 5.41) is 9.26. The Labute approximate surface area is 313 Å². The Morgan fingerprint density at radius 2 is 0.667 bits per heavy atom. The molecule has 0 fully saturated rings. The van der Waals surface area contributed by atoms with E-state index >= 15 is 0 Å². The van der Waals surface area contributed by atoms with Crippen LogP contribution in [0.3, 0.4) is 0 Å². The predicted molar refractivity (Wildman–Crippen MR) is 218 cm³/mol. The van der Waals surface area contributed by atoms with Crippen molar-refractivity contribution >= 4 is 11.0 Å². The lowest BCUT2D eigenvalue weighted by atomic mass is 10.00. The van der Waals surface area contributed by atoms with Crippen molar-refractivity contribution in [1.29, 1.82) is 5.26 Å². The van der Waals surface area contributed by atoms with Crippen molar-refractivity contribution in [3.05, 3.63) is 194 Å². The van der Waals surface area contributed by atoms with Gasteiger partial charge in [0, 0.05) is 16.7 Å². The summed E-state index contributed by atoms with van der Waals surface area (Å²) in [5.74, 6) is 0.492. The maximum atomic E-state index is 9.26. The van der Waals surface area contributed by atoms with Crippen LogP contribution < -0.4 is 0 Å². The summed E-state index contributed by atoms with van der Waals surface area (Å²) in [4.78, 5) is 20.7. The van der Waals surface area contributed by atoms with Crippen LogP contribution in [0.4, 0.5) is 0 Å². The molecule has 54 heavy (non-hydrogen) atoms. The molecule has 5 heteroatoms. The topological polar surface area (TPSA) is 75.3 Å². The fourth-order valence-electron chi connectivity index (χ4n) is 6.69. The fourth-order valence-corrected chi connectivity index (χ4v) is 6.69. The van der Waals surface area contributed by atoms with Crippen LogP contribution in [0.15, 0.2) is 188 Å². The van der Waals surface area contributed by atoms with Gasteiger partial charge in [0.15, 0.2) is 5.82 Å². The Morgan fingerprint density at radius 3 is 1.11 bits per heavy atom. The van der Waals surface area contributed by atoms with Gasteiger partial charge >= 0.3 is 0 Å². The Morgan fingerprint density at radius 1 is 0.315 bits per heavy atom. The largest absolute Gasteiger partial charge is 0.244 e. The van der Waals surface area contributed by atoms with Crippen molar-refractivity contribution in [3.8, 4) is 84.7 Å². The van der Waals surface area contributed by atoms with Gasteiger partial charge in [-0.2, -0.15) is 5.26 Å². The molecule has 0 amide bonds. The predicted octanol–water partition coefficient (Wildman–Crippen LogP) is 12.0. The van der Waals surface area contributed by atoms with Crippen LogP contribution in [0, 0.1) is 11.3 Å². The van der Waals surface area contributed by atoms with Gasteiger partial charge in [-0.05, 0) is 63.7 Å². The lowest BCUT2D eigenvalue weighted by molar-refractivity contribution is 1.14. The van der Waals surface area contributed by atoms with Crippen LogP contribution >= 0.6 is 0 Å². The maximum absolute atomic E-state index is 9.26. The fraction of sp³-hybridized carbons (Fsp3) is 0. The zero-order valence-electron chi connectivity index (χ0n) is 29.1. The molecule has 9 rings (SSSR count).